The number of hydrogen-bond donors (Lipinski definition) is 7. The zero-order chi connectivity index (χ0) is 16.4. The van der Waals surface area contributed by atoms with Crippen molar-refractivity contribution in [2.24, 2.45) is 5.73 Å². The van der Waals surface area contributed by atoms with Gasteiger partial charge in [-0.25, -0.2) is 0 Å². The summed E-state index contributed by atoms with van der Waals surface area (Å²) in [5.41, 5.74) is 2.94. The second-order valence-electron chi connectivity index (χ2n) is 4.85. The highest BCUT2D eigenvalue weighted by atomic mass is 16.6. The lowest BCUT2D eigenvalue weighted by molar-refractivity contribution is -0.277. The molecule has 1 heterocycles. The first kappa shape index (κ1) is 17.9. The number of amides is 1. The Hall–Kier alpha value is -1.14. The summed E-state index contributed by atoms with van der Waals surface area (Å²) in [7, 11) is 0. The Labute approximate surface area is 120 Å². The summed E-state index contributed by atoms with van der Waals surface area (Å²) in [6.45, 7) is -0.520. The van der Waals surface area contributed by atoms with Crippen molar-refractivity contribution in [3.05, 3.63) is 0 Å². The standard InChI is InChI=1S/C11H20N2O8/c1-4(16)13-11(8(18)5(12)2-14)9(19)7(17)6(3-15)21-10(11)20/h5-7,9-10,14-15,17,19-20H,2-3,12H2,1H3,(H,13,16)/t5-,6+,7-,9-,10-,11-/m0/s1. The Morgan fingerprint density at radius 1 is 1.33 bits per heavy atom. The van der Waals surface area contributed by atoms with Crippen LogP contribution in [0.15, 0.2) is 0 Å². The summed E-state index contributed by atoms with van der Waals surface area (Å²) in [4.78, 5) is 23.6. The van der Waals surface area contributed by atoms with Crippen LogP contribution in [-0.2, 0) is 14.3 Å². The summed E-state index contributed by atoms with van der Waals surface area (Å²) < 4.78 is 4.87. The molecule has 0 radical (unpaired) electrons. The number of rotatable bonds is 5. The van der Waals surface area contributed by atoms with Crippen molar-refractivity contribution in [2.45, 2.75) is 43.1 Å². The molecule has 1 rings (SSSR count). The van der Waals surface area contributed by atoms with Crippen LogP contribution in [0.25, 0.3) is 0 Å². The van der Waals surface area contributed by atoms with E-state index in [4.69, 9.17) is 20.7 Å². The van der Waals surface area contributed by atoms with E-state index in [2.05, 4.69) is 0 Å². The van der Waals surface area contributed by atoms with E-state index >= 15 is 0 Å². The van der Waals surface area contributed by atoms with E-state index in [1.807, 2.05) is 5.32 Å². The van der Waals surface area contributed by atoms with Crippen LogP contribution in [-0.4, -0.2) is 86.6 Å². The van der Waals surface area contributed by atoms with Crippen molar-refractivity contribution >= 4 is 11.7 Å². The maximum absolute atomic E-state index is 12.3. The topological polar surface area (TPSA) is 183 Å². The molecule has 1 amide bonds. The van der Waals surface area contributed by atoms with Crippen molar-refractivity contribution in [1.29, 1.82) is 0 Å². The number of hydrogen-bond acceptors (Lipinski definition) is 9. The molecule has 0 unspecified atom stereocenters. The van der Waals surface area contributed by atoms with Crippen LogP contribution in [0, 0.1) is 0 Å². The number of aliphatic hydroxyl groups excluding tert-OH is 5. The number of Topliss-reactive ketones (excluding diaryl/α,β-unsaturated/α-hetero) is 1. The third-order valence-corrected chi connectivity index (χ3v) is 3.37. The second kappa shape index (κ2) is 6.75. The van der Waals surface area contributed by atoms with Gasteiger partial charge in [-0.05, 0) is 0 Å². The lowest BCUT2D eigenvalue weighted by Gasteiger charge is -2.48. The van der Waals surface area contributed by atoms with Crippen molar-refractivity contribution in [2.75, 3.05) is 13.2 Å². The molecule has 8 N–H and O–H groups in total. The molecule has 0 aromatic rings. The molecule has 1 fully saturated rings. The fourth-order valence-corrected chi connectivity index (χ4v) is 2.27. The third-order valence-electron chi connectivity index (χ3n) is 3.37. The van der Waals surface area contributed by atoms with Crippen LogP contribution in [0.4, 0.5) is 0 Å². The maximum Gasteiger partial charge on any atom is 0.217 e. The van der Waals surface area contributed by atoms with Gasteiger partial charge in [-0.15, -0.1) is 0 Å². The normalized spacial score (nSPS) is 37.9. The number of carbonyl (C=O) groups is 2. The lowest BCUT2D eigenvalue weighted by atomic mass is 9.77. The molecule has 1 saturated heterocycles. The highest BCUT2D eigenvalue weighted by Gasteiger charge is 2.61. The van der Waals surface area contributed by atoms with Gasteiger partial charge in [0.2, 0.25) is 5.91 Å². The summed E-state index contributed by atoms with van der Waals surface area (Å²) in [5.74, 6) is -1.92. The first-order chi connectivity index (χ1) is 9.72. The SMILES string of the molecule is CC(=O)N[C@]1(C(=O)[C@@H](N)CO)[C@@H](O)O[C@H](CO)[C@H](O)[C@@H]1O. The molecular formula is C11H20N2O8. The lowest BCUT2D eigenvalue weighted by Crippen LogP contribution is -2.78. The first-order valence-electron chi connectivity index (χ1n) is 6.22. The van der Waals surface area contributed by atoms with Gasteiger partial charge in [0, 0.05) is 6.92 Å². The molecule has 0 aliphatic carbocycles. The molecule has 0 spiro atoms. The van der Waals surface area contributed by atoms with E-state index in [1.54, 1.807) is 0 Å². The zero-order valence-electron chi connectivity index (χ0n) is 11.3. The van der Waals surface area contributed by atoms with E-state index in [0.717, 1.165) is 6.92 Å². The molecule has 122 valence electrons. The molecule has 21 heavy (non-hydrogen) atoms. The zero-order valence-corrected chi connectivity index (χ0v) is 11.3. The van der Waals surface area contributed by atoms with Crippen molar-refractivity contribution < 1.29 is 39.9 Å². The quantitative estimate of drug-likeness (QED) is 0.262. The number of carbonyl (C=O) groups excluding carboxylic acids is 2. The third kappa shape index (κ3) is 3.06. The fraction of sp³-hybridized carbons (Fsp3) is 0.818. The van der Waals surface area contributed by atoms with Crippen LogP contribution < -0.4 is 11.1 Å². The van der Waals surface area contributed by atoms with Gasteiger partial charge in [-0.1, -0.05) is 0 Å². The number of ketones is 1. The van der Waals surface area contributed by atoms with Gasteiger partial charge in [0.25, 0.3) is 0 Å². The number of nitrogens with two attached hydrogens (primary N) is 1. The molecule has 6 atom stereocenters. The van der Waals surface area contributed by atoms with Crippen LogP contribution in [0.5, 0.6) is 0 Å². The first-order valence-corrected chi connectivity index (χ1v) is 6.22. The van der Waals surface area contributed by atoms with E-state index < -0.39 is 61.1 Å². The van der Waals surface area contributed by atoms with Gasteiger partial charge in [0.05, 0.1) is 19.3 Å². The maximum atomic E-state index is 12.3. The molecule has 1 aliphatic rings. The second-order valence-corrected chi connectivity index (χ2v) is 4.85. The fourth-order valence-electron chi connectivity index (χ4n) is 2.27. The van der Waals surface area contributed by atoms with Crippen LogP contribution >= 0.6 is 0 Å². The summed E-state index contributed by atoms with van der Waals surface area (Å²) in [6, 6.07) is -1.53. The molecule has 0 bridgehead atoms. The Morgan fingerprint density at radius 2 is 1.90 bits per heavy atom. The van der Waals surface area contributed by atoms with E-state index in [9.17, 15) is 24.9 Å². The van der Waals surface area contributed by atoms with Gasteiger partial charge in [-0.3, -0.25) is 9.59 Å². The molecule has 0 aromatic carbocycles. The smallest absolute Gasteiger partial charge is 0.217 e. The van der Waals surface area contributed by atoms with Gasteiger partial charge in [0.1, 0.15) is 18.3 Å². The van der Waals surface area contributed by atoms with Gasteiger partial charge in [-0.2, -0.15) is 0 Å². The molecule has 0 saturated carbocycles. The molecule has 0 aromatic heterocycles. The van der Waals surface area contributed by atoms with Crippen molar-refractivity contribution in [1.82, 2.24) is 5.32 Å². The molecule has 10 heteroatoms. The van der Waals surface area contributed by atoms with Gasteiger partial charge in [0.15, 0.2) is 17.6 Å². The van der Waals surface area contributed by atoms with E-state index in [1.165, 1.54) is 0 Å². The highest BCUT2D eigenvalue weighted by molar-refractivity contribution is 5.97. The molecular weight excluding hydrogens is 288 g/mol. The minimum atomic E-state index is -2.45. The van der Waals surface area contributed by atoms with Gasteiger partial charge >= 0.3 is 0 Å². The molecule has 1 aliphatic heterocycles. The Kier molecular flexibility index (Phi) is 5.75. The average Bonchev–Trinajstić information content (AvgIpc) is 2.45. The van der Waals surface area contributed by atoms with Gasteiger partial charge < -0.3 is 41.3 Å². The summed E-state index contributed by atoms with van der Waals surface area (Å²) in [6.07, 6.45) is -7.18. The minimum Gasteiger partial charge on any atom is -0.394 e. The van der Waals surface area contributed by atoms with Crippen molar-refractivity contribution in [3.63, 3.8) is 0 Å². The largest absolute Gasteiger partial charge is 0.394 e. The number of aliphatic hydroxyl groups is 5. The van der Waals surface area contributed by atoms with Crippen LogP contribution in [0.1, 0.15) is 6.92 Å². The summed E-state index contributed by atoms with van der Waals surface area (Å²) in [5, 5.41) is 50.0. The highest BCUT2D eigenvalue weighted by Crippen LogP contribution is 2.30. The number of ether oxygens (including phenoxy) is 1. The van der Waals surface area contributed by atoms with Crippen LogP contribution in [0.2, 0.25) is 0 Å². The monoisotopic (exact) mass is 308 g/mol. The average molecular weight is 308 g/mol. The van der Waals surface area contributed by atoms with Crippen LogP contribution in [0.3, 0.4) is 0 Å². The molecule has 10 nitrogen and oxygen atoms in total. The van der Waals surface area contributed by atoms with E-state index in [0.29, 0.717) is 0 Å². The van der Waals surface area contributed by atoms with Crippen molar-refractivity contribution in [3.8, 4) is 0 Å². The van der Waals surface area contributed by atoms with E-state index in [-0.39, 0.29) is 0 Å². The minimum absolute atomic E-state index is 0.730. The summed E-state index contributed by atoms with van der Waals surface area (Å²) >= 11 is 0. The Bertz CT molecular complexity index is 406. The Balaban J connectivity index is 3.28. The predicted octanol–water partition coefficient (Wildman–Crippen LogP) is -4.82. The Morgan fingerprint density at radius 3 is 2.33 bits per heavy atom. The predicted molar refractivity (Wildman–Crippen MR) is 66.6 cm³/mol. The number of nitrogens with one attached hydrogen (secondary N) is 1.